The summed E-state index contributed by atoms with van der Waals surface area (Å²) in [5, 5.41) is 10.6. The molecule has 88 valence electrons. The van der Waals surface area contributed by atoms with E-state index in [4.69, 9.17) is 5.26 Å². The third kappa shape index (κ3) is 4.34. The zero-order chi connectivity index (χ0) is 12.7. The maximum Gasteiger partial charge on any atom is 0.326 e. The lowest BCUT2D eigenvalue weighted by molar-refractivity contribution is -0.140. The fraction of sp³-hybridized carbons (Fsp3) is 0.250. The van der Waals surface area contributed by atoms with E-state index in [1.165, 1.54) is 0 Å². The highest BCUT2D eigenvalue weighted by Crippen LogP contribution is 2.03. The van der Waals surface area contributed by atoms with Crippen LogP contribution in [-0.2, 0) is 9.53 Å². The molecule has 1 N–H and O–H groups in total. The number of rotatable bonds is 4. The van der Waals surface area contributed by atoms with Crippen LogP contribution in [0.4, 0.5) is 0 Å². The Kier molecular flexibility index (Phi) is 4.70. The predicted octanol–water partition coefficient (Wildman–Crippen LogP) is 0.792. The maximum atomic E-state index is 11.6. The summed E-state index contributed by atoms with van der Waals surface area (Å²) in [6.45, 7) is 1.32. The fourth-order valence-electron chi connectivity index (χ4n) is 1.20. The van der Waals surface area contributed by atoms with Crippen molar-refractivity contribution in [1.29, 1.82) is 5.26 Å². The van der Waals surface area contributed by atoms with Crippen molar-refractivity contribution in [3.05, 3.63) is 35.4 Å². The smallest absolute Gasteiger partial charge is 0.326 e. The molecule has 0 aliphatic heterocycles. The number of nitrogens with one attached hydrogen (secondary N) is 1. The Bertz CT molecular complexity index is 463. The van der Waals surface area contributed by atoms with Gasteiger partial charge in [0.05, 0.1) is 0 Å². The molecule has 0 saturated carbocycles. The first-order chi connectivity index (χ1) is 8.13. The zero-order valence-corrected chi connectivity index (χ0v) is 9.40. The Balaban J connectivity index is 2.45. The summed E-state index contributed by atoms with van der Waals surface area (Å²) in [5.41, 5.74) is 1.45. The molecule has 5 nitrogen and oxygen atoms in total. The van der Waals surface area contributed by atoms with Gasteiger partial charge in [-0.05, 0) is 19.1 Å². The quantitative estimate of drug-likeness (QED) is 0.778. The Labute approximate surface area is 99.0 Å². The fourth-order valence-corrected chi connectivity index (χ4v) is 1.20. The second-order valence-corrected chi connectivity index (χ2v) is 3.37. The van der Waals surface area contributed by atoms with Crippen LogP contribution in [0.15, 0.2) is 24.3 Å². The van der Waals surface area contributed by atoms with Gasteiger partial charge in [0.25, 0.3) is 5.91 Å². The first kappa shape index (κ1) is 12.7. The number of nitriles is 1. The standard InChI is InChI=1S/C12H12N2O3/c1-9-3-2-4-10(7-9)12(16)14-8-11(15)17-6-5-13/h2-4,7H,6,8H2,1H3,(H,14,16). The average Bonchev–Trinajstić information content (AvgIpc) is 2.33. The molecule has 0 bridgehead atoms. The molecule has 17 heavy (non-hydrogen) atoms. The summed E-state index contributed by atoms with van der Waals surface area (Å²) in [6, 6.07) is 8.68. The third-order valence-electron chi connectivity index (χ3n) is 1.97. The van der Waals surface area contributed by atoms with Crippen molar-refractivity contribution in [1.82, 2.24) is 5.32 Å². The highest BCUT2D eigenvalue weighted by molar-refractivity contribution is 5.96. The normalized spacial score (nSPS) is 9.18. The average molecular weight is 232 g/mol. The van der Waals surface area contributed by atoms with E-state index in [-0.39, 0.29) is 19.1 Å². The van der Waals surface area contributed by atoms with Crippen molar-refractivity contribution >= 4 is 11.9 Å². The van der Waals surface area contributed by atoms with Gasteiger partial charge in [-0.3, -0.25) is 9.59 Å². The second kappa shape index (κ2) is 6.28. The van der Waals surface area contributed by atoms with Crippen LogP contribution in [0.2, 0.25) is 0 Å². The van der Waals surface area contributed by atoms with E-state index in [0.29, 0.717) is 5.56 Å². The van der Waals surface area contributed by atoms with Crippen molar-refractivity contribution in [2.75, 3.05) is 13.2 Å². The van der Waals surface area contributed by atoms with Crippen LogP contribution < -0.4 is 5.32 Å². The molecule has 1 rings (SSSR count). The van der Waals surface area contributed by atoms with Gasteiger partial charge in [-0.1, -0.05) is 17.7 Å². The molecule has 0 heterocycles. The van der Waals surface area contributed by atoms with E-state index in [1.807, 2.05) is 13.0 Å². The number of esters is 1. The van der Waals surface area contributed by atoms with Crippen molar-refractivity contribution in [2.24, 2.45) is 0 Å². The van der Waals surface area contributed by atoms with Gasteiger partial charge in [-0.25, -0.2) is 0 Å². The molecule has 5 heteroatoms. The van der Waals surface area contributed by atoms with Gasteiger partial charge < -0.3 is 10.1 Å². The van der Waals surface area contributed by atoms with Crippen LogP contribution in [0.25, 0.3) is 0 Å². The summed E-state index contributed by atoms with van der Waals surface area (Å²) < 4.78 is 4.49. The molecule has 0 spiro atoms. The van der Waals surface area contributed by atoms with Crippen LogP contribution >= 0.6 is 0 Å². The number of amides is 1. The van der Waals surface area contributed by atoms with Crippen LogP contribution in [-0.4, -0.2) is 25.0 Å². The molecular formula is C12H12N2O3. The maximum absolute atomic E-state index is 11.6. The lowest BCUT2D eigenvalue weighted by Crippen LogP contribution is -2.30. The van der Waals surface area contributed by atoms with Gasteiger partial charge in [-0.2, -0.15) is 5.26 Å². The number of benzene rings is 1. The molecule has 0 radical (unpaired) electrons. The summed E-state index contributed by atoms with van der Waals surface area (Å²) in [5.74, 6) is -0.977. The van der Waals surface area contributed by atoms with E-state index in [2.05, 4.69) is 10.1 Å². The molecule has 0 aliphatic rings. The van der Waals surface area contributed by atoms with E-state index in [1.54, 1.807) is 24.3 Å². The highest BCUT2D eigenvalue weighted by Gasteiger charge is 2.08. The van der Waals surface area contributed by atoms with Gasteiger partial charge in [0.1, 0.15) is 12.6 Å². The number of hydrogen-bond donors (Lipinski definition) is 1. The van der Waals surface area contributed by atoms with Crippen LogP contribution in [0, 0.1) is 18.3 Å². The molecule has 0 saturated heterocycles. The summed E-state index contributed by atoms with van der Waals surface area (Å²) in [4.78, 5) is 22.6. The Morgan fingerprint density at radius 3 is 2.88 bits per heavy atom. The topological polar surface area (TPSA) is 79.2 Å². The SMILES string of the molecule is Cc1cccc(C(=O)NCC(=O)OCC#N)c1. The first-order valence-electron chi connectivity index (χ1n) is 5.01. The lowest BCUT2D eigenvalue weighted by atomic mass is 10.1. The summed E-state index contributed by atoms with van der Waals surface area (Å²) >= 11 is 0. The van der Waals surface area contributed by atoms with Crippen molar-refractivity contribution in [3.63, 3.8) is 0 Å². The summed E-state index contributed by atoms with van der Waals surface area (Å²) in [6.07, 6.45) is 0. The van der Waals surface area contributed by atoms with Gasteiger partial charge in [-0.15, -0.1) is 0 Å². The van der Waals surface area contributed by atoms with Crippen LogP contribution in [0.5, 0.6) is 0 Å². The number of carbonyl (C=O) groups is 2. The molecule has 0 unspecified atom stereocenters. The molecule has 1 aromatic carbocycles. The van der Waals surface area contributed by atoms with Crippen molar-refractivity contribution < 1.29 is 14.3 Å². The zero-order valence-electron chi connectivity index (χ0n) is 9.40. The van der Waals surface area contributed by atoms with E-state index >= 15 is 0 Å². The molecular weight excluding hydrogens is 220 g/mol. The summed E-state index contributed by atoms with van der Waals surface area (Å²) in [7, 11) is 0. The van der Waals surface area contributed by atoms with E-state index in [0.717, 1.165) is 5.56 Å². The molecule has 1 aromatic rings. The molecule has 0 aliphatic carbocycles. The largest absolute Gasteiger partial charge is 0.449 e. The Morgan fingerprint density at radius 2 is 2.24 bits per heavy atom. The Morgan fingerprint density at radius 1 is 1.47 bits per heavy atom. The monoisotopic (exact) mass is 232 g/mol. The van der Waals surface area contributed by atoms with Gasteiger partial charge in [0.15, 0.2) is 6.61 Å². The number of aryl methyl sites for hydroxylation is 1. The number of carbonyl (C=O) groups excluding carboxylic acids is 2. The van der Waals surface area contributed by atoms with Crippen LogP contribution in [0.1, 0.15) is 15.9 Å². The minimum atomic E-state index is -0.632. The minimum Gasteiger partial charge on any atom is -0.449 e. The van der Waals surface area contributed by atoms with Crippen LogP contribution in [0.3, 0.4) is 0 Å². The highest BCUT2D eigenvalue weighted by atomic mass is 16.5. The third-order valence-corrected chi connectivity index (χ3v) is 1.97. The minimum absolute atomic E-state index is 0.242. The molecule has 0 fully saturated rings. The first-order valence-corrected chi connectivity index (χ1v) is 5.01. The molecule has 1 amide bonds. The number of hydrogen-bond acceptors (Lipinski definition) is 4. The van der Waals surface area contributed by atoms with E-state index in [9.17, 15) is 9.59 Å². The van der Waals surface area contributed by atoms with Gasteiger partial charge in [0.2, 0.25) is 0 Å². The van der Waals surface area contributed by atoms with Crippen molar-refractivity contribution in [3.8, 4) is 6.07 Å². The lowest BCUT2D eigenvalue weighted by Gasteiger charge is -2.04. The number of ether oxygens (including phenoxy) is 1. The molecule has 0 aromatic heterocycles. The second-order valence-electron chi connectivity index (χ2n) is 3.37. The van der Waals surface area contributed by atoms with Gasteiger partial charge >= 0.3 is 5.97 Å². The Hall–Kier alpha value is -2.35. The molecule has 0 atom stereocenters. The van der Waals surface area contributed by atoms with Crippen molar-refractivity contribution in [2.45, 2.75) is 6.92 Å². The van der Waals surface area contributed by atoms with Gasteiger partial charge in [0, 0.05) is 5.56 Å². The predicted molar refractivity (Wildman–Crippen MR) is 60.1 cm³/mol. The van der Waals surface area contributed by atoms with E-state index < -0.39 is 5.97 Å². The number of nitrogens with zero attached hydrogens (tertiary/aromatic N) is 1.